The quantitative estimate of drug-likeness (QED) is 0.815. The summed E-state index contributed by atoms with van der Waals surface area (Å²) in [6, 6.07) is 5.75. The minimum atomic E-state index is -0.715. The summed E-state index contributed by atoms with van der Waals surface area (Å²) in [5, 5.41) is 9.49. The third-order valence-corrected chi connectivity index (χ3v) is 3.00. The third kappa shape index (κ3) is 1.62. The summed E-state index contributed by atoms with van der Waals surface area (Å²) in [7, 11) is 0. The first-order chi connectivity index (χ1) is 6.59. The third-order valence-electron chi connectivity index (χ3n) is 2.66. The topological polar surface area (TPSA) is 37.3 Å². The normalized spacial score (nSPS) is 24.7. The monoisotopic (exact) mass is 210 g/mol. The Balaban J connectivity index is 2.26. The van der Waals surface area contributed by atoms with Crippen LogP contribution in [0.4, 0.5) is 0 Å². The van der Waals surface area contributed by atoms with Crippen LogP contribution in [0.5, 0.6) is 0 Å². The van der Waals surface area contributed by atoms with E-state index < -0.39 is 5.97 Å². The number of hydrogen-bond donors (Lipinski definition) is 1. The lowest BCUT2D eigenvalue weighted by Gasteiger charge is -2.03. The Labute approximate surface area is 87.5 Å². The van der Waals surface area contributed by atoms with E-state index in [1.807, 2.05) is 25.1 Å². The summed E-state index contributed by atoms with van der Waals surface area (Å²) in [4.78, 5) is 10.7. The predicted octanol–water partition coefficient (Wildman–Crippen LogP) is 2.84. The molecule has 1 aromatic carbocycles. The Morgan fingerprint density at radius 3 is 2.86 bits per heavy atom. The van der Waals surface area contributed by atoms with Crippen molar-refractivity contribution in [1.29, 1.82) is 0 Å². The molecule has 0 bridgehead atoms. The Morgan fingerprint density at radius 2 is 2.29 bits per heavy atom. The van der Waals surface area contributed by atoms with Gasteiger partial charge in [0, 0.05) is 5.02 Å². The van der Waals surface area contributed by atoms with Crippen LogP contribution in [0.1, 0.15) is 23.5 Å². The van der Waals surface area contributed by atoms with Crippen LogP contribution in [0.2, 0.25) is 5.02 Å². The summed E-state index contributed by atoms with van der Waals surface area (Å²) < 4.78 is 0. The first-order valence-corrected chi connectivity index (χ1v) is 4.96. The van der Waals surface area contributed by atoms with Crippen molar-refractivity contribution in [1.82, 2.24) is 0 Å². The maximum absolute atomic E-state index is 10.7. The molecule has 2 nitrogen and oxygen atoms in total. The Bertz CT molecular complexity index is 387. The highest BCUT2D eigenvalue weighted by Gasteiger charge is 2.45. The van der Waals surface area contributed by atoms with Crippen molar-refractivity contribution in [3.05, 3.63) is 34.3 Å². The molecule has 0 aromatic heterocycles. The van der Waals surface area contributed by atoms with Gasteiger partial charge in [0.1, 0.15) is 0 Å². The average molecular weight is 211 g/mol. The zero-order chi connectivity index (χ0) is 10.3. The molecule has 2 rings (SSSR count). The van der Waals surface area contributed by atoms with Crippen LogP contribution < -0.4 is 0 Å². The maximum Gasteiger partial charge on any atom is 0.307 e. The standard InChI is InChI=1S/C11H11ClO2/c1-6-2-3-10(12)8(4-6)7-5-9(7)11(13)14/h2-4,7,9H,5H2,1H3,(H,13,14)/t7-,9+/m0/s1. The summed E-state index contributed by atoms with van der Waals surface area (Å²) in [6.45, 7) is 1.98. The van der Waals surface area contributed by atoms with Crippen molar-refractivity contribution < 1.29 is 9.90 Å². The minimum absolute atomic E-state index is 0.125. The van der Waals surface area contributed by atoms with E-state index in [0.29, 0.717) is 5.02 Å². The van der Waals surface area contributed by atoms with E-state index in [2.05, 4.69) is 0 Å². The smallest absolute Gasteiger partial charge is 0.307 e. The van der Waals surface area contributed by atoms with Gasteiger partial charge in [-0.15, -0.1) is 0 Å². The molecular formula is C11H11ClO2. The molecule has 0 aliphatic heterocycles. The van der Waals surface area contributed by atoms with Gasteiger partial charge in [0.25, 0.3) is 0 Å². The number of carbonyl (C=O) groups is 1. The van der Waals surface area contributed by atoms with Crippen LogP contribution in [0, 0.1) is 12.8 Å². The molecule has 0 radical (unpaired) electrons. The first-order valence-electron chi connectivity index (χ1n) is 4.58. The van der Waals surface area contributed by atoms with E-state index in [1.54, 1.807) is 0 Å². The second-order valence-electron chi connectivity index (χ2n) is 3.81. The van der Waals surface area contributed by atoms with E-state index >= 15 is 0 Å². The van der Waals surface area contributed by atoms with Gasteiger partial charge >= 0.3 is 5.97 Å². The van der Waals surface area contributed by atoms with Gasteiger partial charge in [0.2, 0.25) is 0 Å². The molecule has 1 saturated carbocycles. The Kier molecular flexibility index (Phi) is 2.23. The van der Waals surface area contributed by atoms with Gasteiger partial charge in [-0.1, -0.05) is 29.3 Å². The van der Waals surface area contributed by atoms with Crippen molar-refractivity contribution in [3.63, 3.8) is 0 Å². The molecule has 74 valence electrons. The van der Waals surface area contributed by atoms with E-state index in [-0.39, 0.29) is 11.8 Å². The van der Waals surface area contributed by atoms with E-state index in [4.69, 9.17) is 16.7 Å². The van der Waals surface area contributed by atoms with E-state index in [1.165, 1.54) is 0 Å². The highest BCUT2D eigenvalue weighted by Crippen LogP contribution is 2.49. The van der Waals surface area contributed by atoms with Crippen LogP contribution >= 0.6 is 11.6 Å². The van der Waals surface area contributed by atoms with Crippen LogP contribution in [0.25, 0.3) is 0 Å². The molecule has 0 heterocycles. The van der Waals surface area contributed by atoms with Crippen molar-refractivity contribution >= 4 is 17.6 Å². The molecule has 1 N–H and O–H groups in total. The fourth-order valence-electron chi connectivity index (χ4n) is 1.76. The number of benzene rings is 1. The highest BCUT2D eigenvalue weighted by atomic mass is 35.5. The summed E-state index contributed by atoms with van der Waals surface area (Å²) >= 11 is 6.01. The minimum Gasteiger partial charge on any atom is -0.481 e. The number of aliphatic carboxylic acids is 1. The number of carboxylic acid groups (broad SMARTS) is 1. The lowest BCUT2D eigenvalue weighted by atomic mass is 10.1. The number of aryl methyl sites for hydroxylation is 1. The largest absolute Gasteiger partial charge is 0.481 e. The lowest BCUT2D eigenvalue weighted by molar-refractivity contribution is -0.138. The van der Waals surface area contributed by atoms with Crippen molar-refractivity contribution in [2.24, 2.45) is 5.92 Å². The molecular weight excluding hydrogens is 200 g/mol. The second kappa shape index (κ2) is 3.28. The zero-order valence-corrected chi connectivity index (χ0v) is 8.58. The summed E-state index contributed by atoms with van der Waals surface area (Å²) in [5.41, 5.74) is 2.11. The van der Waals surface area contributed by atoms with Crippen molar-refractivity contribution in [2.75, 3.05) is 0 Å². The Hall–Kier alpha value is -1.02. The molecule has 1 aliphatic rings. The van der Waals surface area contributed by atoms with Crippen molar-refractivity contribution in [2.45, 2.75) is 19.3 Å². The molecule has 1 fully saturated rings. The van der Waals surface area contributed by atoms with Gasteiger partial charge in [-0.05, 0) is 30.9 Å². The molecule has 1 aliphatic carbocycles. The number of halogens is 1. The fourth-order valence-corrected chi connectivity index (χ4v) is 2.02. The summed E-state index contributed by atoms with van der Waals surface area (Å²) in [6.07, 6.45) is 0.721. The van der Waals surface area contributed by atoms with Crippen molar-refractivity contribution in [3.8, 4) is 0 Å². The number of rotatable bonds is 2. The van der Waals surface area contributed by atoms with E-state index in [0.717, 1.165) is 17.5 Å². The van der Waals surface area contributed by atoms with E-state index in [9.17, 15) is 4.79 Å². The van der Waals surface area contributed by atoms with Crippen LogP contribution in [0.15, 0.2) is 18.2 Å². The molecule has 0 spiro atoms. The van der Waals surface area contributed by atoms with Gasteiger partial charge in [-0.25, -0.2) is 0 Å². The molecule has 0 saturated heterocycles. The van der Waals surface area contributed by atoms with Crippen LogP contribution in [0.3, 0.4) is 0 Å². The molecule has 0 amide bonds. The molecule has 0 unspecified atom stereocenters. The van der Waals surface area contributed by atoms with Crippen LogP contribution in [-0.2, 0) is 4.79 Å². The van der Waals surface area contributed by atoms with Crippen LogP contribution in [-0.4, -0.2) is 11.1 Å². The van der Waals surface area contributed by atoms with Gasteiger partial charge in [-0.2, -0.15) is 0 Å². The predicted molar refractivity (Wildman–Crippen MR) is 54.7 cm³/mol. The Morgan fingerprint density at radius 1 is 1.57 bits per heavy atom. The van der Waals surface area contributed by atoms with Gasteiger partial charge < -0.3 is 5.11 Å². The molecule has 2 atom stereocenters. The van der Waals surface area contributed by atoms with Gasteiger partial charge in [0.05, 0.1) is 5.92 Å². The van der Waals surface area contributed by atoms with Gasteiger partial charge in [-0.3, -0.25) is 4.79 Å². The summed E-state index contributed by atoms with van der Waals surface area (Å²) in [5.74, 6) is -0.818. The lowest BCUT2D eigenvalue weighted by Crippen LogP contribution is -1.99. The highest BCUT2D eigenvalue weighted by molar-refractivity contribution is 6.31. The SMILES string of the molecule is Cc1ccc(Cl)c([C@@H]2C[C@H]2C(=O)O)c1. The molecule has 3 heteroatoms. The molecule has 14 heavy (non-hydrogen) atoms. The average Bonchev–Trinajstić information content (AvgIpc) is 2.88. The maximum atomic E-state index is 10.7. The number of carboxylic acids is 1. The number of hydrogen-bond acceptors (Lipinski definition) is 1. The second-order valence-corrected chi connectivity index (χ2v) is 4.22. The zero-order valence-electron chi connectivity index (χ0n) is 7.83. The molecule has 1 aromatic rings. The van der Waals surface area contributed by atoms with Gasteiger partial charge in [0.15, 0.2) is 0 Å². The first kappa shape index (κ1) is 9.53. The fraction of sp³-hybridized carbons (Fsp3) is 0.364.